The second-order valence-electron chi connectivity index (χ2n) is 9.07. The summed E-state index contributed by atoms with van der Waals surface area (Å²) < 4.78 is 5.34. The highest BCUT2D eigenvalue weighted by Crippen LogP contribution is 2.24. The van der Waals surface area contributed by atoms with Gasteiger partial charge in [-0.2, -0.15) is 17.0 Å². The number of nitrogens with zero attached hydrogens (tertiary/aromatic N) is 2. The topological polar surface area (TPSA) is 112 Å². The monoisotopic (exact) mass is 490 g/mol. The molecule has 3 amide bonds. The summed E-state index contributed by atoms with van der Waals surface area (Å²) in [6, 6.07) is 7.40. The third-order valence-corrected chi connectivity index (χ3v) is 5.52. The molecule has 0 aliphatic heterocycles. The quantitative estimate of drug-likeness (QED) is 0.339. The molecule has 1 rings (SSSR count). The third-order valence-electron chi connectivity index (χ3n) is 4.87. The van der Waals surface area contributed by atoms with Crippen LogP contribution in [0.3, 0.4) is 0 Å². The van der Waals surface area contributed by atoms with Gasteiger partial charge in [0, 0.05) is 6.54 Å². The molecule has 0 aromatic heterocycles. The van der Waals surface area contributed by atoms with Crippen molar-refractivity contribution in [2.75, 3.05) is 25.1 Å². The van der Waals surface area contributed by atoms with Gasteiger partial charge in [-0.1, -0.05) is 43.2 Å². The minimum Gasteiger partial charge on any atom is -0.444 e. The van der Waals surface area contributed by atoms with Gasteiger partial charge in [-0.25, -0.2) is 4.79 Å². The average molecular weight is 491 g/mol. The zero-order chi connectivity index (χ0) is 25.7. The lowest BCUT2D eigenvalue weighted by atomic mass is 10.0. The number of ether oxygens (including phenoxy) is 1. The summed E-state index contributed by atoms with van der Waals surface area (Å²) in [5, 5.41) is 15.1. The van der Waals surface area contributed by atoms with Crippen molar-refractivity contribution >= 4 is 29.7 Å². The van der Waals surface area contributed by atoms with E-state index in [0.29, 0.717) is 24.3 Å². The van der Waals surface area contributed by atoms with Crippen molar-refractivity contribution in [1.29, 1.82) is 5.26 Å². The van der Waals surface area contributed by atoms with Crippen molar-refractivity contribution in [2.45, 2.75) is 71.6 Å². The van der Waals surface area contributed by atoms with Crippen molar-refractivity contribution in [3.8, 4) is 6.07 Å². The number of alkyl carbamates (subject to hydrolysis) is 1. The van der Waals surface area contributed by atoms with Crippen LogP contribution in [0.15, 0.2) is 24.3 Å². The molecule has 1 aromatic rings. The molecule has 0 bridgehead atoms. The predicted molar refractivity (Wildman–Crippen MR) is 135 cm³/mol. The van der Waals surface area contributed by atoms with Gasteiger partial charge in [-0.15, -0.1) is 0 Å². The van der Waals surface area contributed by atoms with E-state index in [1.54, 1.807) is 26.8 Å². The number of hydrogen-bond acceptors (Lipinski definition) is 6. The number of nitrogens with one attached hydrogen (secondary N) is 2. The number of unbranched alkanes of at least 4 members (excludes halogenated alkanes) is 1. The van der Waals surface area contributed by atoms with E-state index < -0.39 is 29.7 Å². The molecule has 0 aliphatic rings. The van der Waals surface area contributed by atoms with Crippen LogP contribution in [0.5, 0.6) is 0 Å². The van der Waals surface area contributed by atoms with Crippen molar-refractivity contribution < 1.29 is 19.1 Å². The first-order valence-corrected chi connectivity index (χ1v) is 12.9. The van der Waals surface area contributed by atoms with Crippen molar-refractivity contribution in [3.05, 3.63) is 35.4 Å². The first kappa shape index (κ1) is 29.3. The SMILES string of the molecule is CCCCNC(=O)C(c1cccc(C)c1)N(CC#N)C(=O)C(CCSC)NC(=O)OC(C)(C)C. The second kappa shape index (κ2) is 14.5. The van der Waals surface area contributed by atoms with Gasteiger partial charge in [0.2, 0.25) is 11.8 Å². The standard InChI is InChI=1S/C25H38N4O4S/c1-7-8-14-27-22(30)21(19-11-9-10-18(2)17-19)29(15-13-26)23(31)20(12-16-34-6)28-24(32)33-25(3,4)5/h9-11,17,20-21H,7-8,12,14-16H2,1-6H3,(H,27,30)(H,28,32). The van der Waals surface area contributed by atoms with Crippen LogP contribution >= 0.6 is 11.8 Å². The molecular weight excluding hydrogens is 452 g/mol. The maximum atomic E-state index is 13.7. The van der Waals surface area contributed by atoms with Gasteiger partial charge < -0.3 is 20.3 Å². The maximum absolute atomic E-state index is 13.7. The van der Waals surface area contributed by atoms with E-state index in [9.17, 15) is 19.6 Å². The number of rotatable bonds is 12. The average Bonchev–Trinajstić information content (AvgIpc) is 2.75. The van der Waals surface area contributed by atoms with E-state index in [2.05, 4.69) is 10.6 Å². The Morgan fingerprint density at radius 3 is 2.53 bits per heavy atom. The summed E-state index contributed by atoms with van der Waals surface area (Å²) in [5.41, 5.74) is 0.810. The van der Waals surface area contributed by atoms with Gasteiger partial charge in [0.05, 0.1) is 6.07 Å². The third kappa shape index (κ3) is 10.0. The van der Waals surface area contributed by atoms with Crippen LogP contribution in [0.1, 0.15) is 64.1 Å². The molecule has 2 N–H and O–H groups in total. The number of hydrogen-bond donors (Lipinski definition) is 2. The van der Waals surface area contributed by atoms with Crippen LogP contribution in [-0.4, -0.2) is 59.5 Å². The minimum atomic E-state index is -0.999. The molecule has 0 spiro atoms. The first-order chi connectivity index (χ1) is 16.0. The summed E-state index contributed by atoms with van der Waals surface area (Å²) in [4.78, 5) is 40.7. The van der Waals surface area contributed by atoms with Crippen LogP contribution in [0, 0.1) is 18.3 Å². The van der Waals surface area contributed by atoms with Crippen molar-refractivity contribution in [2.24, 2.45) is 0 Å². The zero-order valence-electron chi connectivity index (χ0n) is 21.1. The minimum absolute atomic E-state index is 0.301. The summed E-state index contributed by atoms with van der Waals surface area (Å²) in [7, 11) is 0. The first-order valence-electron chi connectivity index (χ1n) is 11.5. The molecule has 1 aromatic carbocycles. The van der Waals surface area contributed by atoms with E-state index in [-0.39, 0.29) is 12.5 Å². The molecule has 0 saturated heterocycles. The van der Waals surface area contributed by atoms with Gasteiger partial charge in [0.25, 0.3) is 0 Å². The van der Waals surface area contributed by atoms with Crippen LogP contribution in [0.25, 0.3) is 0 Å². The van der Waals surface area contributed by atoms with Gasteiger partial charge in [-0.3, -0.25) is 9.59 Å². The Kier molecular flexibility index (Phi) is 12.5. The number of thioether (sulfide) groups is 1. The molecule has 34 heavy (non-hydrogen) atoms. The summed E-state index contributed by atoms with van der Waals surface area (Å²) in [5.74, 6) is -0.258. The molecule has 8 nitrogen and oxygen atoms in total. The van der Waals surface area contributed by atoms with Crippen molar-refractivity contribution in [3.63, 3.8) is 0 Å². The lowest BCUT2D eigenvalue weighted by Gasteiger charge is -2.33. The Bertz CT molecular complexity index is 863. The van der Waals surface area contributed by atoms with E-state index >= 15 is 0 Å². The maximum Gasteiger partial charge on any atom is 0.408 e. The van der Waals surface area contributed by atoms with Gasteiger partial charge in [0.15, 0.2) is 0 Å². The lowest BCUT2D eigenvalue weighted by Crippen LogP contribution is -2.53. The van der Waals surface area contributed by atoms with Crippen molar-refractivity contribution in [1.82, 2.24) is 15.5 Å². The smallest absolute Gasteiger partial charge is 0.408 e. The number of benzene rings is 1. The van der Waals surface area contributed by atoms with Crippen LogP contribution in [-0.2, 0) is 14.3 Å². The normalized spacial score (nSPS) is 12.7. The molecule has 188 valence electrons. The number of carbonyl (C=O) groups excluding carboxylic acids is 3. The lowest BCUT2D eigenvalue weighted by molar-refractivity contribution is -0.141. The van der Waals surface area contributed by atoms with E-state index in [4.69, 9.17) is 4.74 Å². The molecule has 0 fully saturated rings. The highest BCUT2D eigenvalue weighted by atomic mass is 32.2. The largest absolute Gasteiger partial charge is 0.444 e. The Morgan fingerprint density at radius 2 is 1.97 bits per heavy atom. The molecule has 2 unspecified atom stereocenters. The number of aryl methyl sites for hydroxylation is 1. The number of nitriles is 1. The molecule has 0 aliphatic carbocycles. The zero-order valence-corrected chi connectivity index (χ0v) is 22.0. The molecule has 2 atom stereocenters. The van der Waals surface area contributed by atoms with Gasteiger partial charge in [0.1, 0.15) is 24.2 Å². The predicted octanol–water partition coefficient (Wildman–Crippen LogP) is 3.95. The second-order valence-corrected chi connectivity index (χ2v) is 10.1. The molecule has 0 radical (unpaired) electrons. The molecule has 0 saturated carbocycles. The van der Waals surface area contributed by atoms with Crippen LogP contribution in [0.2, 0.25) is 0 Å². The highest BCUT2D eigenvalue weighted by Gasteiger charge is 2.36. The van der Waals surface area contributed by atoms with Gasteiger partial charge in [-0.05, 0) is 58.1 Å². The van der Waals surface area contributed by atoms with Crippen LogP contribution < -0.4 is 10.6 Å². The summed E-state index contributed by atoms with van der Waals surface area (Å²) >= 11 is 1.53. The Balaban J connectivity index is 3.35. The highest BCUT2D eigenvalue weighted by molar-refractivity contribution is 7.98. The fraction of sp³-hybridized carbons (Fsp3) is 0.600. The van der Waals surface area contributed by atoms with E-state index in [1.165, 1.54) is 16.7 Å². The van der Waals surface area contributed by atoms with Gasteiger partial charge >= 0.3 is 6.09 Å². The van der Waals surface area contributed by atoms with E-state index in [1.807, 2.05) is 44.4 Å². The van der Waals surface area contributed by atoms with Crippen LogP contribution in [0.4, 0.5) is 4.79 Å². The fourth-order valence-electron chi connectivity index (χ4n) is 3.31. The van der Waals surface area contributed by atoms with E-state index in [0.717, 1.165) is 18.4 Å². The Morgan fingerprint density at radius 1 is 1.26 bits per heavy atom. The molecule has 9 heteroatoms. The summed E-state index contributed by atoms with van der Waals surface area (Å²) in [6.45, 7) is 9.31. The number of carbonyl (C=O) groups is 3. The number of amides is 3. The fourth-order valence-corrected chi connectivity index (χ4v) is 3.79. The summed E-state index contributed by atoms with van der Waals surface area (Å²) in [6.07, 6.45) is 3.23. The molecule has 0 heterocycles. The Hall–Kier alpha value is -2.73. The Labute approximate surface area is 207 Å². The molecular formula is C25H38N4O4S.